The number of hydrogen-bond donors (Lipinski definition) is 0. The van der Waals surface area contributed by atoms with Gasteiger partial charge in [-0.25, -0.2) is 4.79 Å². The fourth-order valence-electron chi connectivity index (χ4n) is 5.45. The highest BCUT2D eigenvalue weighted by atomic mass is 16.8. The SMILES string of the molecule is O=C1OC2C3=C4C=CC=C4CCC3C3CCCCC3C2O1. The summed E-state index contributed by atoms with van der Waals surface area (Å²) < 4.78 is 11.2. The lowest BCUT2D eigenvalue weighted by Gasteiger charge is -2.48. The summed E-state index contributed by atoms with van der Waals surface area (Å²) in [5.41, 5.74) is 4.15. The fourth-order valence-corrected chi connectivity index (χ4v) is 5.45. The van der Waals surface area contributed by atoms with Crippen LogP contribution in [0.3, 0.4) is 0 Å². The molecule has 0 N–H and O–H groups in total. The molecule has 0 radical (unpaired) electrons. The molecular formula is C18H20O3. The average Bonchev–Trinajstić information content (AvgIpc) is 3.12. The van der Waals surface area contributed by atoms with E-state index in [1.54, 1.807) is 0 Å². The Balaban J connectivity index is 1.66. The summed E-state index contributed by atoms with van der Waals surface area (Å²) in [6, 6.07) is 0. The van der Waals surface area contributed by atoms with E-state index in [1.807, 2.05) is 0 Å². The largest absolute Gasteiger partial charge is 0.509 e. The van der Waals surface area contributed by atoms with Crippen molar-refractivity contribution in [3.8, 4) is 0 Å². The van der Waals surface area contributed by atoms with E-state index in [1.165, 1.54) is 55.2 Å². The minimum Gasteiger partial charge on any atom is -0.426 e. The van der Waals surface area contributed by atoms with Gasteiger partial charge >= 0.3 is 6.16 Å². The zero-order valence-corrected chi connectivity index (χ0v) is 12.1. The smallest absolute Gasteiger partial charge is 0.426 e. The van der Waals surface area contributed by atoms with Gasteiger partial charge in [-0.15, -0.1) is 0 Å². The quantitative estimate of drug-likeness (QED) is 0.633. The van der Waals surface area contributed by atoms with Crippen LogP contribution in [0, 0.1) is 17.8 Å². The Morgan fingerprint density at radius 1 is 1.05 bits per heavy atom. The molecule has 1 aliphatic heterocycles. The van der Waals surface area contributed by atoms with Gasteiger partial charge in [0.1, 0.15) is 6.10 Å². The molecule has 3 nitrogen and oxygen atoms in total. The minimum atomic E-state index is -0.457. The van der Waals surface area contributed by atoms with Crippen molar-refractivity contribution < 1.29 is 14.3 Å². The Morgan fingerprint density at radius 2 is 1.90 bits per heavy atom. The number of carbonyl (C=O) groups excluding carboxylic acids is 1. The molecule has 0 spiro atoms. The van der Waals surface area contributed by atoms with Crippen LogP contribution in [0.25, 0.3) is 0 Å². The maximum Gasteiger partial charge on any atom is 0.509 e. The van der Waals surface area contributed by atoms with Crippen molar-refractivity contribution in [2.24, 2.45) is 17.8 Å². The summed E-state index contributed by atoms with van der Waals surface area (Å²) >= 11 is 0. The predicted molar refractivity (Wildman–Crippen MR) is 77.6 cm³/mol. The van der Waals surface area contributed by atoms with Gasteiger partial charge < -0.3 is 9.47 Å². The van der Waals surface area contributed by atoms with Crippen LogP contribution < -0.4 is 0 Å². The number of allylic oxidation sites excluding steroid dienone is 5. The Morgan fingerprint density at radius 3 is 2.81 bits per heavy atom. The van der Waals surface area contributed by atoms with Gasteiger partial charge in [-0.2, -0.15) is 0 Å². The van der Waals surface area contributed by atoms with Crippen molar-refractivity contribution in [1.29, 1.82) is 0 Å². The van der Waals surface area contributed by atoms with Crippen LogP contribution in [-0.2, 0) is 9.47 Å². The molecule has 1 saturated heterocycles. The van der Waals surface area contributed by atoms with Crippen LogP contribution in [0.5, 0.6) is 0 Å². The normalized spacial score (nSPS) is 43.3. The van der Waals surface area contributed by atoms with E-state index in [-0.39, 0.29) is 12.2 Å². The number of rotatable bonds is 0. The van der Waals surface area contributed by atoms with E-state index in [9.17, 15) is 4.79 Å². The van der Waals surface area contributed by atoms with Gasteiger partial charge in [0.2, 0.25) is 0 Å². The molecule has 21 heavy (non-hydrogen) atoms. The third-order valence-corrected chi connectivity index (χ3v) is 6.22. The lowest BCUT2D eigenvalue weighted by molar-refractivity contribution is -0.00359. The zero-order valence-electron chi connectivity index (χ0n) is 12.1. The van der Waals surface area contributed by atoms with Gasteiger partial charge in [-0.1, -0.05) is 31.1 Å². The van der Waals surface area contributed by atoms with Gasteiger partial charge in [0, 0.05) is 5.92 Å². The Labute approximate surface area is 124 Å². The third-order valence-electron chi connectivity index (χ3n) is 6.22. The van der Waals surface area contributed by atoms with Crippen molar-refractivity contribution in [3.63, 3.8) is 0 Å². The lowest BCUT2D eigenvalue weighted by atomic mass is 9.58. The van der Waals surface area contributed by atoms with E-state index < -0.39 is 6.16 Å². The summed E-state index contributed by atoms with van der Waals surface area (Å²) in [5, 5.41) is 0. The van der Waals surface area contributed by atoms with Crippen LogP contribution in [0.2, 0.25) is 0 Å². The fraction of sp³-hybridized carbons (Fsp3) is 0.611. The van der Waals surface area contributed by atoms with Gasteiger partial charge in [-0.3, -0.25) is 0 Å². The first-order chi connectivity index (χ1) is 10.3. The summed E-state index contributed by atoms with van der Waals surface area (Å²) in [7, 11) is 0. The molecule has 5 aliphatic rings. The monoisotopic (exact) mass is 284 g/mol. The highest BCUT2D eigenvalue weighted by Gasteiger charge is 2.56. The third kappa shape index (κ3) is 1.58. The first kappa shape index (κ1) is 12.1. The molecule has 0 bridgehead atoms. The van der Waals surface area contributed by atoms with Gasteiger partial charge in [0.05, 0.1) is 0 Å². The highest BCUT2D eigenvalue weighted by molar-refractivity contribution is 5.65. The maximum atomic E-state index is 11.8. The van der Waals surface area contributed by atoms with E-state index in [0.29, 0.717) is 17.8 Å². The topological polar surface area (TPSA) is 35.5 Å². The molecule has 4 aliphatic carbocycles. The molecule has 2 saturated carbocycles. The molecule has 5 atom stereocenters. The van der Waals surface area contributed by atoms with E-state index in [0.717, 1.165) is 0 Å². The average molecular weight is 284 g/mol. The zero-order chi connectivity index (χ0) is 14.0. The van der Waals surface area contributed by atoms with Crippen molar-refractivity contribution in [2.75, 3.05) is 0 Å². The minimum absolute atomic E-state index is 0.0325. The molecule has 0 aromatic rings. The number of fused-ring (bicyclic) bond motifs is 7. The van der Waals surface area contributed by atoms with Crippen molar-refractivity contribution >= 4 is 6.16 Å². The molecule has 5 unspecified atom stereocenters. The molecule has 0 amide bonds. The Bertz CT molecular complexity index is 598. The van der Waals surface area contributed by atoms with E-state index in [4.69, 9.17) is 9.47 Å². The second kappa shape index (κ2) is 4.25. The molecule has 110 valence electrons. The Kier molecular flexibility index (Phi) is 2.44. The van der Waals surface area contributed by atoms with Crippen LogP contribution in [0.1, 0.15) is 38.5 Å². The Hall–Kier alpha value is -1.51. The molecule has 5 rings (SSSR count). The standard InChI is InChI=1S/C18H20O3/c19-18-20-16-14-6-2-1-5-12(14)13-9-8-10-4-3-7-11(10)15(13)17(16)21-18/h3-4,7,12-14,16-17H,1-2,5-6,8-9H2. The van der Waals surface area contributed by atoms with Crippen molar-refractivity contribution in [2.45, 2.75) is 50.7 Å². The molecule has 0 aromatic heterocycles. The van der Waals surface area contributed by atoms with Crippen LogP contribution in [-0.4, -0.2) is 18.4 Å². The molecular weight excluding hydrogens is 264 g/mol. The van der Waals surface area contributed by atoms with Crippen LogP contribution in [0.15, 0.2) is 34.9 Å². The maximum absolute atomic E-state index is 11.8. The molecule has 3 heteroatoms. The highest BCUT2D eigenvalue weighted by Crippen LogP contribution is 2.55. The second-order valence-electron chi connectivity index (χ2n) is 7.05. The van der Waals surface area contributed by atoms with Crippen molar-refractivity contribution in [3.05, 3.63) is 34.9 Å². The summed E-state index contributed by atoms with van der Waals surface area (Å²) in [6.07, 6.45) is 13.4. The summed E-state index contributed by atoms with van der Waals surface area (Å²) in [6.45, 7) is 0. The lowest BCUT2D eigenvalue weighted by Crippen LogP contribution is -2.49. The van der Waals surface area contributed by atoms with Gasteiger partial charge in [-0.05, 0) is 54.2 Å². The summed E-state index contributed by atoms with van der Waals surface area (Å²) in [4.78, 5) is 11.8. The second-order valence-corrected chi connectivity index (χ2v) is 7.05. The van der Waals surface area contributed by atoms with Gasteiger partial charge in [0.15, 0.2) is 6.10 Å². The van der Waals surface area contributed by atoms with Crippen LogP contribution >= 0.6 is 0 Å². The predicted octanol–water partition coefficient (Wildman–Crippen LogP) is 3.91. The van der Waals surface area contributed by atoms with Gasteiger partial charge in [0.25, 0.3) is 0 Å². The number of ether oxygens (including phenoxy) is 2. The molecule has 3 fully saturated rings. The first-order valence-electron chi connectivity index (χ1n) is 8.32. The number of carbonyl (C=O) groups is 1. The van der Waals surface area contributed by atoms with E-state index >= 15 is 0 Å². The molecule has 0 aromatic carbocycles. The number of hydrogen-bond acceptors (Lipinski definition) is 3. The van der Waals surface area contributed by atoms with Crippen molar-refractivity contribution in [1.82, 2.24) is 0 Å². The first-order valence-corrected chi connectivity index (χ1v) is 8.32. The molecule has 1 heterocycles. The summed E-state index contributed by atoms with van der Waals surface area (Å²) in [5.74, 6) is 1.80. The van der Waals surface area contributed by atoms with Crippen LogP contribution in [0.4, 0.5) is 4.79 Å². The van der Waals surface area contributed by atoms with E-state index in [2.05, 4.69) is 18.2 Å².